The van der Waals surface area contributed by atoms with Gasteiger partial charge in [0.2, 0.25) is 0 Å². The van der Waals surface area contributed by atoms with Gasteiger partial charge in [0.25, 0.3) is 5.69 Å². The van der Waals surface area contributed by atoms with Gasteiger partial charge in [0.15, 0.2) is 5.78 Å². The van der Waals surface area contributed by atoms with Gasteiger partial charge in [-0.25, -0.2) is 4.68 Å². The van der Waals surface area contributed by atoms with Gasteiger partial charge in [-0.05, 0) is 24.1 Å². The van der Waals surface area contributed by atoms with Gasteiger partial charge in [-0.15, -0.1) is 0 Å². The highest BCUT2D eigenvalue weighted by Crippen LogP contribution is 2.30. The molecule has 0 unspecified atom stereocenters. The lowest BCUT2D eigenvalue weighted by Crippen LogP contribution is -2.27. The van der Waals surface area contributed by atoms with Crippen LogP contribution in [0.4, 0.5) is 5.69 Å². The number of non-ortho nitro benzene ring substituents is 1. The molecule has 1 aromatic heterocycles. The highest BCUT2D eigenvalue weighted by molar-refractivity contribution is 6.21. The van der Waals surface area contributed by atoms with E-state index in [1.165, 1.54) is 29.7 Å². The molecule has 0 fully saturated rings. The molecule has 0 aliphatic rings. The fourth-order valence-electron chi connectivity index (χ4n) is 2.62. The highest BCUT2D eigenvalue weighted by atomic mass is 16.6. The number of nitrogens with zero attached hydrogens (tertiary/aromatic N) is 3. The Morgan fingerprint density at radius 3 is 2.20 bits per heavy atom. The number of hydrogen-bond donors (Lipinski definition) is 0. The van der Waals surface area contributed by atoms with Crippen molar-refractivity contribution in [2.75, 3.05) is 0 Å². The van der Waals surface area contributed by atoms with E-state index in [-0.39, 0.29) is 11.5 Å². The first-order valence-electron chi connectivity index (χ1n) is 10.7. The smallest absolute Gasteiger partial charge is 0.270 e. The molecule has 0 saturated carbocycles. The zero-order valence-electron chi connectivity index (χ0n) is 19.5. The summed E-state index contributed by atoms with van der Waals surface area (Å²) in [6.45, 7) is 14.3. The summed E-state index contributed by atoms with van der Waals surface area (Å²) < 4.78 is 1.51. The maximum absolute atomic E-state index is 13.0. The fourth-order valence-corrected chi connectivity index (χ4v) is 2.62. The second kappa shape index (κ2) is 14.3. The van der Waals surface area contributed by atoms with Crippen LogP contribution in [0, 0.1) is 15.5 Å². The van der Waals surface area contributed by atoms with Crippen LogP contribution < -0.4 is 0 Å². The number of nitro groups is 1. The van der Waals surface area contributed by atoms with E-state index in [0.717, 1.165) is 12.8 Å². The molecule has 1 heterocycles. The molecule has 6 heteroatoms. The summed E-state index contributed by atoms with van der Waals surface area (Å²) in [7, 11) is 0. The zero-order chi connectivity index (χ0) is 23.2. The maximum Gasteiger partial charge on any atom is 0.270 e. The Labute approximate surface area is 181 Å². The molecule has 0 N–H and O–H groups in total. The Morgan fingerprint density at radius 1 is 1.13 bits per heavy atom. The van der Waals surface area contributed by atoms with Crippen LogP contribution in [0.2, 0.25) is 0 Å². The van der Waals surface area contributed by atoms with Gasteiger partial charge in [-0.2, -0.15) is 5.10 Å². The molecule has 0 saturated heterocycles. The minimum Gasteiger partial charge on any atom is -0.292 e. The van der Waals surface area contributed by atoms with Crippen LogP contribution in [-0.2, 0) is 4.79 Å². The van der Waals surface area contributed by atoms with Crippen molar-refractivity contribution >= 4 is 23.2 Å². The minimum atomic E-state index is -0.534. The number of allylic oxidation sites excluding steroid dienone is 1. The Kier molecular flexibility index (Phi) is 12.9. The molecule has 2 rings (SSSR count). The summed E-state index contributed by atoms with van der Waals surface area (Å²) in [5.41, 5.74) is 0.450. The molecule has 1 aromatic carbocycles. The Morgan fingerprint density at radius 2 is 1.73 bits per heavy atom. The van der Waals surface area contributed by atoms with Crippen molar-refractivity contribution in [3.05, 3.63) is 58.4 Å². The third-order valence-electron chi connectivity index (χ3n) is 3.86. The predicted octanol–water partition coefficient (Wildman–Crippen LogP) is 7.02. The molecule has 0 amide bonds. The summed E-state index contributed by atoms with van der Waals surface area (Å²) in [6, 6.07) is 7.95. The van der Waals surface area contributed by atoms with Crippen molar-refractivity contribution in [2.45, 2.75) is 74.1 Å². The lowest BCUT2D eigenvalue weighted by molar-refractivity contribution is -0.384. The van der Waals surface area contributed by atoms with Crippen LogP contribution in [0.3, 0.4) is 0 Å². The lowest BCUT2D eigenvalue weighted by Gasteiger charge is -2.23. The van der Waals surface area contributed by atoms with Crippen LogP contribution in [0.15, 0.2) is 42.7 Å². The summed E-state index contributed by atoms with van der Waals surface area (Å²) >= 11 is 0. The molecule has 0 atom stereocenters. The molecule has 0 spiro atoms. The van der Waals surface area contributed by atoms with E-state index in [2.05, 4.69) is 32.8 Å². The average molecular weight is 416 g/mol. The van der Waals surface area contributed by atoms with Crippen LogP contribution in [0.25, 0.3) is 11.8 Å². The lowest BCUT2D eigenvalue weighted by atomic mass is 9.81. The van der Waals surface area contributed by atoms with E-state index in [1.54, 1.807) is 36.7 Å². The molecule has 166 valence electrons. The SMILES string of the molecule is CCC.CCC.CCCC(C)(C)C(=O)/C(=C/c1cccc([N+](=O)[O-])c1)n1cccn1. The summed E-state index contributed by atoms with van der Waals surface area (Å²) in [5, 5.41) is 15.1. The van der Waals surface area contributed by atoms with Crippen molar-refractivity contribution in [3.8, 4) is 0 Å². The molecular formula is C24H37N3O3. The molecular weight excluding hydrogens is 378 g/mol. The average Bonchev–Trinajstić information content (AvgIpc) is 3.21. The second-order valence-electron chi connectivity index (χ2n) is 7.71. The second-order valence-corrected chi connectivity index (χ2v) is 7.71. The summed E-state index contributed by atoms with van der Waals surface area (Å²) in [4.78, 5) is 23.5. The van der Waals surface area contributed by atoms with Crippen molar-refractivity contribution < 1.29 is 9.72 Å². The van der Waals surface area contributed by atoms with Crippen LogP contribution in [0.1, 0.15) is 79.7 Å². The monoisotopic (exact) mass is 415 g/mol. The van der Waals surface area contributed by atoms with E-state index in [0.29, 0.717) is 11.3 Å². The van der Waals surface area contributed by atoms with Crippen molar-refractivity contribution in [1.29, 1.82) is 0 Å². The van der Waals surface area contributed by atoms with E-state index in [1.807, 2.05) is 20.8 Å². The fraction of sp³-hybridized carbons (Fsp3) is 0.500. The molecule has 0 aliphatic carbocycles. The van der Waals surface area contributed by atoms with Crippen LogP contribution in [0.5, 0.6) is 0 Å². The van der Waals surface area contributed by atoms with Crippen molar-refractivity contribution in [1.82, 2.24) is 9.78 Å². The van der Waals surface area contributed by atoms with E-state index in [4.69, 9.17) is 0 Å². The van der Waals surface area contributed by atoms with Gasteiger partial charge < -0.3 is 0 Å². The highest BCUT2D eigenvalue weighted by Gasteiger charge is 2.30. The number of carbonyl (C=O) groups excluding carboxylic acids is 1. The number of benzene rings is 1. The predicted molar refractivity (Wildman–Crippen MR) is 125 cm³/mol. The third-order valence-corrected chi connectivity index (χ3v) is 3.86. The number of Topliss-reactive ketones (excluding diaryl/α,β-unsaturated/α-hetero) is 1. The normalized spacial score (nSPS) is 11.0. The first kappa shape index (κ1) is 27.2. The maximum atomic E-state index is 13.0. The Balaban J connectivity index is 0.00000125. The molecule has 0 bridgehead atoms. The minimum absolute atomic E-state index is 0.0103. The van der Waals surface area contributed by atoms with Gasteiger partial charge in [0, 0.05) is 29.9 Å². The van der Waals surface area contributed by atoms with Crippen LogP contribution in [-0.4, -0.2) is 20.5 Å². The van der Waals surface area contributed by atoms with Gasteiger partial charge in [0.05, 0.1) is 4.92 Å². The quantitative estimate of drug-likeness (QED) is 0.276. The van der Waals surface area contributed by atoms with E-state index in [9.17, 15) is 14.9 Å². The van der Waals surface area contributed by atoms with Gasteiger partial charge in [-0.1, -0.05) is 79.9 Å². The van der Waals surface area contributed by atoms with Gasteiger partial charge >= 0.3 is 0 Å². The molecule has 0 radical (unpaired) electrons. The Hall–Kier alpha value is -2.76. The van der Waals surface area contributed by atoms with Gasteiger partial charge in [0.1, 0.15) is 5.70 Å². The Bertz CT molecular complexity index is 792. The summed E-state index contributed by atoms with van der Waals surface area (Å²) in [5.74, 6) is -0.0421. The van der Waals surface area contributed by atoms with Crippen molar-refractivity contribution in [2.24, 2.45) is 5.41 Å². The molecule has 2 aromatic rings. The first-order valence-corrected chi connectivity index (χ1v) is 10.7. The molecule has 6 nitrogen and oxygen atoms in total. The summed E-state index contributed by atoms with van der Waals surface area (Å²) in [6.07, 6.45) is 9.09. The number of aromatic nitrogens is 2. The molecule has 30 heavy (non-hydrogen) atoms. The largest absolute Gasteiger partial charge is 0.292 e. The van der Waals surface area contributed by atoms with Crippen LogP contribution >= 0.6 is 0 Å². The number of rotatable bonds is 7. The number of carbonyl (C=O) groups is 1. The van der Waals surface area contributed by atoms with Gasteiger partial charge in [-0.3, -0.25) is 14.9 Å². The van der Waals surface area contributed by atoms with E-state index >= 15 is 0 Å². The molecule has 0 aliphatic heterocycles. The number of hydrogen-bond acceptors (Lipinski definition) is 4. The van der Waals surface area contributed by atoms with Crippen molar-refractivity contribution in [3.63, 3.8) is 0 Å². The topological polar surface area (TPSA) is 78.0 Å². The number of nitro benzene ring substituents is 1. The third kappa shape index (κ3) is 9.16. The number of ketones is 1. The van der Waals surface area contributed by atoms with E-state index < -0.39 is 10.3 Å². The standard InChI is InChI=1S/C18H21N3O3.2C3H8/c1-4-9-18(2,3)17(22)16(20-11-6-10-19-20)13-14-7-5-8-15(12-14)21(23)24;2*1-3-2/h5-8,10-13H,4,9H2,1-3H3;2*3H2,1-2H3/b16-13-;;. The first-order chi connectivity index (χ1) is 14.2. The zero-order valence-corrected chi connectivity index (χ0v) is 19.5.